The number of ether oxygens (including phenoxy) is 1. The molecule has 0 spiro atoms. The molecule has 104 valence electrons. The van der Waals surface area contributed by atoms with Crippen molar-refractivity contribution in [2.45, 2.75) is 17.1 Å². The summed E-state index contributed by atoms with van der Waals surface area (Å²) >= 11 is 4.91. The molecular formula is C16H15BrO2S. The summed E-state index contributed by atoms with van der Waals surface area (Å²) in [6.07, 6.45) is 0. The van der Waals surface area contributed by atoms with Crippen molar-refractivity contribution in [1.29, 1.82) is 0 Å². The molecule has 0 amide bonds. The zero-order valence-electron chi connectivity index (χ0n) is 11.3. The van der Waals surface area contributed by atoms with E-state index in [0.717, 1.165) is 20.7 Å². The van der Waals surface area contributed by atoms with Gasteiger partial charge in [0.05, 0.1) is 12.4 Å². The van der Waals surface area contributed by atoms with Gasteiger partial charge < -0.3 is 4.74 Å². The van der Waals surface area contributed by atoms with E-state index in [4.69, 9.17) is 4.74 Å². The fraction of sp³-hybridized carbons (Fsp3) is 0.188. The number of halogens is 1. The molecule has 2 nitrogen and oxygen atoms in total. The Balaban J connectivity index is 2.09. The van der Waals surface area contributed by atoms with Gasteiger partial charge in [-0.15, -0.1) is 11.8 Å². The minimum atomic E-state index is -0.136. The summed E-state index contributed by atoms with van der Waals surface area (Å²) in [5.74, 6) is 0.934. The molecule has 0 aliphatic heterocycles. The topological polar surface area (TPSA) is 26.3 Å². The molecule has 0 fully saturated rings. The van der Waals surface area contributed by atoms with Gasteiger partial charge >= 0.3 is 0 Å². The van der Waals surface area contributed by atoms with E-state index in [0.29, 0.717) is 0 Å². The van der Waals surface area contributed by atoms with Crippen LogP contribution in [0.5, 0.6) is 5.75 Å². The van der Waals surface area contributed by atoms with Gasteiger partial charge in [-0.25, -0.2) is 0 Å². The van der Waals surface area contributed by atoms with Crippen LogP contribution in [0.25, 0.3) is 0 Å². The minimum Gasteiger partial charge on any atom is -0.497 e. The van der Waals surface area contributed by atoms with Gasteiger partial charge in [-0.2, -0.15) is 0 Å². The molecule has 2 aromatic carbocycles. The van der Waals surface area contributed by atoms with Crippen molar-refractivity contribution in [2.24, 2.45) is 0 Å². The molecule has 1 unspecified atom stereocenters. The molecule has 2 aromatic rings. The lowest BCUT2D eigenvalue weighted by molar-refractivity contribution is 0.0994. The third-order valence-corrected chi connectivity index (χ3v) is 4.47. The van der Waals surface area contributed by atoms with Gasteiger partial charge in [0.25, 0.3) is 0 Å². The first kappa shape index (κ1) is 15.1. The van der Waals surface area contributed by atoms with Crippen LogP contribution in [0.2, 0.25) is 0 Å². The predicted molar refractivity (Wildman–Crippen MR) is 86.8 cm³/mol. The molecule has 0 aliphatic carbocycles. The Morgan fingerprint density at radius 1 is 1.20 bits per heavy atom. The molecule has 0 aromatic heterocycles. The average Bonchev–Trinajstić information content (AvgIpc) is 2.47. The lowest BCUT2D eigenvalue weighted by atomic mass is 10.1. The van der Waals surface area contributed by atoms with E-state index in [1.54, 1.807) is 7.11 Å². The molecule has 0 N–H and O–H groups in total. The predicted octanol–water partition coefficient (Wildman–Crippen LogP) is 4.82. The van der Waals surface area contributed by atoms with E-state index in [9.17, 15) is 4.79 Å². The summed E-state index contributed by atoms with van der Waals surface area (Å²) in [7, 11) is 1.64. The number of hydrogen-bond acceptors (Lipinski definition) is 3. The third kappa shape index (κ3) is 3.87. The Morgan fingerprint density at radius 2 is 1.90 bits per heavy atom. The van der Waals surface area contributed by atoms with E-state index < -0.39 is 0 Å². The highest BCUT2D eigenvalue weighted by molar-refractivity contribution is 9.10. The smallest absolute Gasteiger partial charge is 0.175 e. The number of benzene rings is 2. The van der Waals surface area contributed by atoms with Crippen molar-refractivity contribution in [3.8, 4) is 5.75 Å². The highest BCUT2D eigenvalue weighted by Crippen LogP contribution is 2.28. The lowest BCUT2D eigenvalue weighted by Gasteiger charge is -2.11. The third-order valence-electron chi connectivity index (χ3n) is 2.85. The van der Waals surface area contributed by atoms with Crippen LogP contribution in [0.15, 0.2) is 57.9 Å². The van der Waals surface area contributed by atoms with E-state index in [1.165, 1.54) is 11.8 Å². The number of ketones is 1. The molecular weight excluding hydrogens is 336 g/mol. The summed E-state index contributed by atoms with van der Waals surface area (Å²) < 4.78 is 6.17. The number of carbonyl (C=O) groups is 1. The molecule has 0 heterocycles. The van der Waals surface area contributed by atoms with Crippen LogP contribution in [0.4, 0.5) is 0 Å². The molecule has 0 bridgehead atoms. The molecule has 2 rings (SSSR count). The standard InChI is InChI=1S/C16H15BrO2S/c1-11(16(18)12-6-8-13(17)9-7-12)20-15-5-3-4-14(10-15)19-2/h3-11H,1-2H3. The molecule has 0 saturated heterocycles. The number of hydrogen-bond donors (Lipinski definition) is 0. The van der Waals surface area contributed by atoms with Gasteiger partial charge in [0, 0.05) is 14.9 Å². The normalized spacial score (nSPS) is 11.9. The molecule has 0 saturated carbocycles. The van der Waals surface area contributed by atoms with Crippen LogP contribution in [-0.2, 0) is 0 Å². The van der Waals surface area contributed by atoms with Gasteiger partial charge in [0.15, 0.2) is 5.78 Å². The monoisotopic (exact) mass is 350 g/mol. The second kappa shape index (κ2) is 6.95. The van der Waals surface area contributed by atoms with Gasteiger partial charge in [0.2, 0.25) is 0 Å². The molecule has 0 radical (unpaired) electrons. The second-order valence-corrected chi connectivity index (χ2v) is 6.64. The van der Waals surface area contributed by atoms with Crippen molar-refractivity contribution >= 4 is 33.5 Å². The van der Waals surface area contributed by atoms with E-state index >= 15 is 0 Å². The lowest BCUT2D eigenvalue weighted by Crippen LogP contribution is -2.13. The molecule has 4 heteroatoms. The van der Waals surface area contributed by atoms with Crippen molar-refractivity contribution in [3.63, 3.8) is 0 Å². The summed E-state index contributed by atoms with van der Waals surface area (Å²) in [6.45, 7) is 1.93. The summed E-state index contributed by atoms with van der Waals surface area (Å²) in [5, 5.41) is -0.136. The number of thioether (sulfide) groups is 1. The Bertz CT molecular complexity index is 596. The molecule has 0 aliphatic rings. The average molecular weight is 351 g/mol. The second-order valence-electron chi connectivity index (χ2n) is 4.31. The van der Waals surface area contributed by atoms with Gasteiger partial charge in [-0.3, -0.25) is 4.79 Å². The van der Waals surface area contributed by atoms with Crippen LogP contribution < -0.4 is 4.74 Å². The highest BCUT2D eigenvalue weighted by Gasteiger charge is 2.16. The highest BCUT2D eigenvalue weighted by atomic mass is 79.9. The number of carbonyl (C=O) groups excluding carboxylic acids is 1. The SMILES string of the molecule is COc1cccc(SC(C)C(=O)c2ccc(Br)cc2)c1. The first-order valence-corrected chi connectivity index (χ1v) is 7.88. The summed E-state index contributed by atoms with van der Waals surface area (Å²) in [6, 6.07) is 15.2. The van der Waals surface area contributed by atoms with Crippen LogP contribution in [0.3, 0.4) is 0 Å². The fourth-order valence-corrected chi connectivity index (χ4v) is 3.04. The van der Waals surface area contributed by atoms with Gasteiger partial charge in [-0.1, -0.05) is 34.1 Å². The van der Waals surface area contributed by atoms with Crippen molar-refractivity contribution in [3.05, 3.63) is 58.6 Å². The number of Topliss-reactive ketones (excluding diaryl/α,β-unsaturated/α-hetero) is 1. The number of rotatable bonds is 5. The van der Waals surface area contributed by atoms with Gasteiger partial charge in [-0.05, 0) is 37.3 Å². The minimum absolute atomic E-state index is 0.130. The summed E-state index contributed by atoms with van der Waals surface area (Å²) in [4.78, 5) is 13.4. The maximum Gasteiger partial charge on any atom is 0.175 e. The van der Waals surface area contributed by atoms with Crippen molar-refractivity contribution < 1.29 is 9.53 Å². The summed E-state index contributed by atoms with van der Waals surface area (Å²) in [5.41, 5.74) is 0.732. The van der Waals surface area contributed by atoms with Crippen molar-refractivity contribution in [2.75, 3.05) is 7.11 Å². The number of methoxy groups -OCH3 is 1. The van der Waals surface area contributed by atoms with Crippen LogP contribution in [0, 0.1) is 0 Å². The zero-order valence-corrected chi connectivity index (χ0v) is 13.7. The van der Waals surface area contributed by atoms with Crippen LogP contribution in [-0.4, -0.2) is 18.1 Å². The quantitative estimate of drug-likeness (QED) is 0.571. The Kier molecular flexibility index (Phi) is 5.26. The molecule has 1 atom stereocenters. The van der Waals surface area contributed by atoms with E-state index in [1.807, 2.05) is 55.5 Å². The van der Waals surface area contributed by atoms with E-state index in [2.05, 4.69) is 15.9 Å². The Morgan fingerprint density at radius 3 is 2.55 bits per heavy atom. The first-order valence-electron chi connectivity index (χ1n) is 6.20. The Hall–Kier alpha value is -1.26. The fourth-order valence-electron chi connectivity index (χ4n) is 1.78. The van der Waals surface area contributed by atoms with Gasteiger partial charge in [0.1, 0.15) is 5.75 Å². The van der Waals surface area contributed by atoms with Crippen LogP contribution in [0.1, 0.15) is 17.3 Å². The van der Waals surface area contributed by atoms with Crippen molar-refractivity contribution in [1.82, 2.24) is 0 Å². The zero-order chi connectivity index (χ0) is 14.5. The first-order chi connectivity index (χ1) is 9.60. The van der Waals surface area contributed by atoms with Crippen LogP contribution >= 0.6 is 27.7 Å². The van der Waals surface area contributed by atoms with E-state index in [-0.39, 0.29) is 11.0 Å². The molecule has 20 heavy (non-hydrogen) atoms. The Labute approximate surface area is 131 Å². The largest absolute Gasteiger partial charge is 0.497 e. The maximum absolute atomic E-state index is 12.3. The maximum atomic E-state index is 12.3.